The second kappa shape index (κ2) is 7.16. The molecular formula is C20H16O2S. The Labute approximate surface area is 141 Å². The molecule has 0 aliphatic carbocycles. The number of carbonyl (C=O) groups excluding carboxylic acids is 1. The van der Waals surface area contributed by atoms with Gasteiger partial charge in [-0.05, 0) is 41.0 Å². The molecule has 3 rings (SSSR count). The van der Waals surface area contributed by atoms with Crippen LogP contribution in [0.2, 0.25) is 0 Å². The number of aldehydes is 1. The molecule has 3 aromatic carbocycles. The van der Waals surface area contributed by atoms with E-state index in [1.807, 2.05) is 66.7 Å². The summed E-state index contributed by atoms with van der Waals surface area (Å²) in [7, 11) is 0. The van der Waals surface area contributed by atoms with Gasteiger partial charge in [-0.25, -0.2) is 0 Å². The van der Waals surface area contributed by atoms with Crippen molar-refractivity contribution in [2.75, 3.05) is 0 Å². The monoisotopic (exact) mass is 320 g/mol. The van der Waals surface area contributed by atoms with Crippen LogP contribution in [0.5, 0.6) is 5.75 Å². The molecule has 0 saturated heterocycles. The van der Waals surface area contributed by atoms with Gasteiger partial charge < -0.3 is 4.74 Å². The van der Waals surface area contributed by atoms with Gasteiger partial charge in [0.25, 0.3) is 0 Å². The van der Waals surface area contributed by atoms with Crippen molar-refractivity contribution in [1.29, 1.82) is 0 Å². The van der Waals surface area contributed by atoms with E-state index < -0.39 is 0 Å². The molecule has 0 heterocycles. The average Bonchev–Trinajstić information content (AvgIpc) is 2.61. The fraction of sp³-hybridized carbons (Fsp3) is 0.0500. The Kier molecular flexibility index (Phi) is 4.79. The largest absolute Gasteiger partial charge is 0.489 e. The second-order valence-corrected chi connectivity index (χ2v) is 5.68. The van der Waals surface area contributed by atoms with Gasteiger partial charge in [-0.3, -0.25) is 4.79 Å². The van der Waals surface area contributed by atoms with Crippen LogP contribution in [0, 0.1) is 0 Å². The van der Waals surface area contributed by atoms with Gasteiger partial charge in [0.05, 0.1) is 0 Å². The molecular weight excluding hydrogens is 304 g/mol. The zero-order chi connectivity index (χ0) is 16.1. The maximum Gasteiger partial charge on any atom is 0.151 e. The summed E-state index contributed by atoms with van der Waals surface area (Å²) in [6, 6.07) is 23.5. The van der Waals surface area contributed by atoms with Crippen LogP contribution >= 0.6 is 12.6 Å². The maximum atomic E-state index is 10.9. The summed E-state index contributed by atoms with van der Waals surface area (Å²) >= 11 is 4.35. The third-order valence-electron chi connectivity index (χ3n) is 3.57. The van der Waals surface area contributed by atoms with Crippen molar-refractivity contribution >= 4 is 18.9 Å². The lowest BCUT2D eigenvalue weighted by molar-refractivity contribution is 0.112. The topological polar surface area (TPSA) is 26.3 Å². The Morgan fingerprint density at radius 2 is 1.65 bits per heavy atom. The molecule has 0 bridgehead atoms. The molecule has 0 amide bonds. The lowest BCUT2D eigenvalue weighted by Gasteiger charge is -2.09. The van der Waals surface area contributed by atoms with Crippen molar-refractivity contribution in [1.82, 2.24) is 0 Å². The van der Waals surface area contributed by atoms with Crippen molar-refractivity contribution in [3.05, 3.63) is 83.9 Å². The standard InChI is InChI=1S/C20H16O2S/c21-13-18-10-9-17(12-20(18)23)16-7-4-8-19(11-16)22-14-15-5-2-1-3-6-15/h1-13,23H,14H2. The van der Waals surface area contributed by atoms with E-state index in [2.05, 4.69) is 12.6 Å². The van der Waals surface area contributed by atoms with Crippen LogP contribution in [0.4, 0.5) is 0 Å². The average molecular weight is 320 g/mol. The number of benzene rings is 3. The van der Waals surface area contributed by atoms with Gasteiger partial charge in [0.1, 0.15) is 12.4 Å². The van der Waals surface area contributed by atoms with Gasteiger partial charge in [-0.1, -0.05) is 48.5 Å². The molecule has 0 fully saturated rings. The molecule has 0 atom stereocenters. The SMILES string of the molecule is O=Cc1ccc(-c2cccc(OCc3ccccc3)c2)cc1S. The summed E-state index contributed by atoms with van der Waals surface area (Å²) in [6.45, 7) is 0.534. The van der Waals surface area contributed by atoms with E-state index in [1.54, 1.807) is 6.07 Å². The predicted octanol–water partition coefficient (Wildman–Crippen LogP) is 5.03. The minimum atomic E-state index is 0.534. The molecule has 3 heteroatoms. The lowest BCUT2D eigenvalue weighted by atomic mass is 10.0. The van der Waals surface area contributed by atoms with E-state index in [0.29, 0.717) is 17.1 Å². The highest BCUT2D eigenvalue weighted by Crippen LogP contribution is 2.27. The van der Waals surface area contributed by atoms with Crippen molar-refractivity contribution in [3.63, 3.8) is 0 Å². The van der Waals surface area contributed by atoms with Crippen LogP contribution < -0.4 is 4.74 Å². The number of carbonyl (C=O) groups is 1. The Balaban J connectivity index is 1.79. The molecule has 0 unspecified atom stereocenters. The molecule has 0 N–H and O–H groups in total. The first-order valence-electron chi connectivity index (χ1n) is 7.31. The molecule has 0 radical (unpaired) electrons. The molecule has 2 nitrogen and oxygen atoms in total. The molecule has 3 aromatic rings. The number of hydrogen-bond acceptors (Lipinski definition) is 3. The summed E-state index contributed by atoms with van der Waals surface area (Å²) in [6.07, 6.45) is 0.811. The van der Waals surface area contributed by atoms with E-state index in [1.165, 1.54) is 0 Å². The van der Waals surface area contributed by atoms with Crippen LogP contribution in [0.15, 0.2) is 77.7 Å². The normalized spacial score (nSPS) is 10.3. The van der Waals surface area contributed by atoms with Gasteiger partial charge in [-0.15, -0.1) is 12.6 Å². The van der Waals surface area contributed by atoms with E-state index in [4.69, 9.17) is 4.74 Å². The molecule has 114 valence electrons. The third kappa shape index (κ3) is 3.82. The quantitative estimate of drug-likeness (QED) is 0.527. The second-order valence-electron chi connectivity index (χ2n) is 5.19. The first-order valence-corrected chi connectivity index (χ1v) is 7.76. The zero-order valence-electron chi connectivity index (χ0n) is 12.5. The van der Waals surface area contributed by atoms with E-state index in [-0.39, 0.29) is 0 Å². The first-order chi connectivity index (χ1) is 11.3. The number of hydrogen-bond donors (Lipinski definition) is 1. The van der Waals surface area contributed by atoms with Gasteiger partial charge >= 0.3 is 0 Å². The van der Waals surface area contributed by atoms with Crippen LogP contribution in [-0.4, -0.2) is 6.29 Å². The summed E-state index contributed by atoms with van der Waals surface area (Å²) in [5, 5.41) is 0. The fourth-order valence-electron chi connectivity index (χ4n) is 2.33. The highest BCUT2D eigenvalue weighted by atomic mass is 32.1. The maximum absolute atomic E-state index is 10.9. The lowest BCUT2D eigenvalue weighted by Crippen LogP contribution is -1.95. The molecule has 0 saturated carbocycles. The van der Waals surface area contributed by atoms with Crippen LogP contribution in [0.1, 0.15) is 15.9 Å². The zero-order valence-corrected chi connectivity index (χ0v) is 13.4. The van der Waals surface area contributed by atoms with Crippen LogP contribution in [0.25, 0.3) is 11.1 Å². The van der Waals surface area contributed by atoms with Gasteiger partial charge in [-0.2, -0.15) is 0 Å². The van der Waals surface area contributed by atoms with E-state index >= 15 is 0 Å². The van der Waals surface area contributed by atoms with E-state index in [9.17, 15) is 4.79 Å². The molecule has 0 aromatic heterocycles. The summed E-state index contributed by atoms with van der Waals surface area (Å²) < 4.78 is 5.85. The summed E-state index contributed by atoms with van der Waals surface area (Å²) in [5.41, 5.74) is 3.76. The smallest absolute Gasteiger partial charge is 0.151 e. The predicted molar refractivity (Wildman–Crippen MR) is 95.3 cm³/mol. The number of rotatable bonds is 5. The highest BCUT2D eigenvalue weighted by Gasteiger charge is 2.04. The van der Waals surface area contributed by atoms with Crippen LogP contribution in [0.3, 0.4) is 0 Å². The minimum absolute atomic E-state index is 0.534. The molecule has 23 heavy (non-hydrogen) atoms. The Morgan fingerprint density at radius 3 is 2.39 bits per heavy atom. The Hall–Kier alpha value is -2.52. The number of ether oxygens (including phenoxy) is 1. The van der Waals surface area contributed by atoms with Crippen LogP contribution in [-0.2, 0) is 6.61 Å². The van der Waals surface area contributed by atoms with Crippen molar-refractivity contribution in [2.24, 2.45) is 0 Å². The Morgan fingerprint density at radius 1 is 0.870 bits per heavy atom. The van der Waals surface area contributed by atoms with Gasteiger partial charge in [0.2, 0.25) is 0 Å². The van der Waals surface area contributed by atoms with E-state index in [0.717, 1.165) is 28.7 Å². The third-order valence-corrected chi connectivity index (χ3v) is 3.96. The van der Waals surface area contributed by atoms with Gasteiger partial charge in [0.15, 0.2) is 6.29 Å². The molecule has 0 spiro atoms. The van der Waals surface area contributed by atoms with Crippen molar-refractivity contribution in [2.45, 2.75) is 11.5 Å². The number of thiol groups is 1. The van der Waals surface area contributed by atoms with Crippen molar-refractivity contribution in [3.8, 4) is 16.9 Å². The fourth-order valence-corrected chi connectivity index (χ4v) is 2.60. The summed E-state index contributed by atoms with van der Waals surface area (Å²) in [5.74, 6) is 0.812. The molecule has 0 aliphatic rings. The molecule has 0 aliphatic heterocycles. The summed E-state index contributed by atoms with van der Waals surface area (Å²) in [4.78, 5) is 11.6. The van der Waals surface area contributed by atoms with Crippen molar-refractivity contribution < 1.29 is 9.53 Å². The van der Waals surface area contributed by atoms with Gasteiger partial charge in [0, 0.05) is 10.5 Å². The first kappa shape index (κ1) is 15.4. The minimum Gasteiger partial charge on any atom is -0.489 e. The Bertz CT molecular complexity index is 813. The highest BCUT2D eigenvalue weighted by molar-refractivity contribution is 7.80.